The topological polar surface area (TPSA) is 98.8 Å². The molecule has 2 aliphatic heterocycles. The standard InChI is InChI=1S/C18H18BrCl3N2O5S/c1-17(8-19)13(16(27)29-9-18(20,21)22)24-14(26)12(15(24)30(17)28)23-11(25)7-10-5-3-2-4-6-10/h2-6,12-13,15H,7-9H2,1H3,(H,23,25)/t12?,13?,15-,17?,30?/m0/s1. The molecule has 30 heavy (non-hydrogen) atoms. The number of hydrogen-bond acceptors (Lipinski definition) is 5. The van der Waals surface area contributed by atoms with Crippen molar-refractivity contribution in [1.29, 1.82) is 0 Å². The van der Waals surface area contributed by atoms with Crippen LogP contribution in [-0.4, -0.2) is 65.2 Å². The third-order valence-electron chi connectivity index (χ3n) is 5.01. The monoisotopic (exact) mass is 558 g/mol. The maximum Gasteiger partial charge on any atom is 0.334 e. The van der Waals surface area contributed by atoms with Crippen molar-refractivity contribution in [3.05, 3.63) is 35.9 Å². The summed E-state index contributed by atoms with van der Waals surface area (Å²) in [5, 5.41) is 1.96. The van der Waals surface area contributed by atoms with Crippen molar-refractivity contribution in [3.63, 3.8) is 0 Å². The molecule has 4 unspecified atom stereocenters. The van der Waals surface area contributed by atoms with Gasteiger partial charge in [-0.3, -0.25) is 14.5 Å². The minimum atomic E-state index is -1.81. The first-order chi connectivity index (χ1) is 14.0. The van der Waals surface area contributed by atoms with E-state index in [2.05, 4.69) is 21.2 Å². The highest BCUT2D eigenvalue weighted by Gasteiger charge is 2.74. The molecule has 7 nitrogen and oxygen atoms in total. The highest BCUT2D eigenvalue weighted by molar-refractivity contribution is 9.09. The van der Waals surface area contributed by atoms with E-state index in [1.807, 2.05) is 6.07 Å². The molecule has 3 rings (SSSR count). The van der Waals surface area contributed by atoms with Crippen LogP contribution in [0.15, 0.2) is 30.3 Å². The Morgan fingerprint density at radius 2 is 1.97 bits per heavy atom. The summed E-state index contributed by atoms with van der Waals surface area (Å²) >= 11 is 18.5. The molecular weight excluding hydrogens is 543 g/mol. The zero-order chi connectivity index (χ0) is 22.3. The van der Waals surface area contributed by atoms with Crippen LogP contribution in [0.1, 0.15) is 12.5 Å². The smallest absolute Gasteiger partial charge is 0.334 e. The number of carbonyl (C=O) groups is 3. The third kappa shape index (κ3) is 4.56. The van der Waals surface area contributed by atoms with E-state index in [4.69, 9.17) is 39.5 Å². The molecule has 2 fully saturated rings. The fraction of sp³-hybridized carbons (Fsp3) is 0.500. The normalized spacial score (nSPS) is 30.5. The lowest BCUT2D eigenvalue weighted by Crippen LogP contribution is -2.72. The Labute approximate surface area is 200 Å². The molecule has 0 radical (unpaired) electrons. The van der Waals surface area contributed by atoms with E-state index in [1.165, 1.54) is 4.90 Å². The van der Waals surface area contributed by atoms with Gasteiger partial charge in [0.05, 0.1) is 11.8 Å². The summed E-state index contributed by atoms with van der Waals surface area (Å²) in [5.74, 6) is -1.70. The SMILES string of the molecule is CC1(CBr)C(C(=O)OCC(Cl)(Cl)Cl)N2C(=O)C(NC(=O)Cc3ccccc3)[C@@H]2[S+]1[O-]. The zero-order valence-corrected chi connectivity index (χ0v) is 20.3. The molecule has 1 N–H and O–H groups in total. The summed E-state index contributed by atoms with van der Waals surface area (Å²) in [4.78, 5) is 39.0. The van der Waals surface area contributed by atoms with Crippen molar-refractivity contribution in [2.75, 3.05) is 11.9 Å². The zero-order valence-electron chi connectivity index (χ0n) is 15.6. The summed E-state index contributed by atoms with van der Waals surface area (Å²) in [5.41, 5.74) is 0.782. The van der Waals surface area contributed by atoms with Gasteiger partial charge in [-0.15, -0.1) is 0 Å². The predicted octanol–water partition coefficient (Wildman–Crippen LogP) is 2.08. The van der Waals surface area contributed by atoms with Gasteiger partial charge in [0.25, 0.3) is 5.91 Å². The van der Waals surface area contributed by atoms with Gasteiger partial charge in [0, 0.05) is 0 Å². The molecule has 1 aromatic carbocycles. The van der Waals surface area contributed by atoms with Gasteiger partial charge in [-0.05, 0) is 23.7 Å². The maximum atomic E-state index is 13.2. The molecule has 0 saturated carbocycles. The minimum absolute atomic E-state index is 0.0778. The lowest BCUT2D eigenvalue weighted by atomic mass is 9.95. The minimum Gasteiger partial charge on any atom is -0.614 e. The number of rotatable bonds is 6. The number of halogens is 4. The van der Waals surface area contributed by atoms with Crippen LogP contribution in [-0.2, 0) is 36.7 Å². The first-order valence-corrected chi connectivity index (χ1v) is 12.3. The van der Waals surface area contributed by atoms with Crippen molar-refractivity contribution in [3.8, 4) is 0 Å². The van der Waals surface area contributed by atoms with Gasteiger partial charge in [0.15, 0.2) is 16.8 Å². The molecular formula is C18H18BrCl3N2O5S. The van der Waals surface area contributed by atoms with Crippen LogP contribution in [0.4, 0.5) is 0 Å². The Morgan fingerprint density at radius 1 is 1.33 bits per heavy atom. The molecule has 12 heteroatoms. The average molecular weight is 561 g/mol. The molecule has 0 aromatic heterocycles. The second kappa shape index (κ2) is 9.03. The van der Waals surface area contributed by atoms with E-state index in [1.54, 1.807) is 31.2 Å². The van der Waals surface area contributed by atoms with Crippen molar-refractivity contribution < 1.29 is 23.7 Å². The Kier molecular flexibility index (Phi) is 7.21. The number of alkyl halides is 4. The summed E-state index contributed by atoms with van der Waals surface area (Å²) < 4.78 is 15.3. The van der Waals surface area contributed by atoms with Gasteiger partial charge in [-0.1, -0.05) is 81.1 Å². The van der Waals surface area contributed by atoms with Crippen LogP contribution in [0.2, 0.25) is 0 Å². The van der Waals surface area contributed by atoms with Crippen molar-refractivity contribution in [2.24, 2.45) is 0 Å². The van der Waals surface area contributed by atoms with Crippen LogP contribution in [0.25, 0.3) is 0 Å². The number of fused-ring (bicyclic) bond motifs is 1. The van der Waals surface area contributed by atoms with Gasteiger partial charge >= 0.3 is 5.97 Å². The third-order valence-corrected chi connectivity index (χ3v) is 9.09. The molecule has 2 amide bonds. The highest BCUT2D eigenvalue weighted by atomic mass is 79.9. The molecule has 5 atom stereocenters. The second-order valence-corrected chi connectivity index (χ2v) is 12.3. The molecule has 164 valence electrons. The molecule has 2 saturated heterocycles. The van der Waals surface area contributed by atoms with Crippen LogP contribution >= 0.6 is 50.7 Å². The second-order valence-electron chi connectivity index (χ2n) is 7.21. The largest absolute Gasteiger partial charge is 0.614 e. The molecule has 2 aliphatic rings. The lowest BCUT2D eigenvalue weighted by Gasteiger charge is -2.41. The number of ether oxygens (including phenoxy) is 1. The van der Waals surface area contributed by atoms with Crippen molar-refractivity contribution in [2.45, 2.75) is 39.3 Å². The molecule has 0 aliphatic carbocycles. The number of amides is 2. The number of benzene rings is 1. The van der Waals surface area contributed by atoms with Gasteiger partial charge < -0.3 is 14.6 Å². The van der Waals surface area contributed by atoms with Gasteiger partial charge in [0.2, 0.25) is 15.1 Å². The van der Waals surface area contributed by atoms with Crippen LogP contribution in [0, 0.1) is 0 Å². The number of β-lactam (4-membered cyclic amide) rings is 1. The summed E-state index contributed by atoms with van der Waals surface area (Å²) in [6.07, 6.45) is 0.0778. The Hall–Kier alpha value is -0.710. The Bertz CT molecular complexity index is 843. The van der Waals surface area contributed by atoms with E-state index in [0.29, 0.717) is 0 Å². The van der Waals surface area contributed by atoms with E-state index in [-0.39, 0.29) is 17.7 Å². The summed E-state index contributed by atoms with van der Waals surface area (Å²) in [6, 6.07) is 6.91. The summed E-state index contributed by atoms with van der Waals surface area (Å²) in [7, 11) is 0. The number of nitrogens with one attached hydrogen (secondary N) is 1. The quantitative estimate of drug-likeness (QED) is 0.249. The maximum absolute atomic E-state index is 13.2. The Morgan fingerprint density at radius 3 is 2.53 bits per heavy atom. The van der Waals surface area contributed by atoms with Crippen LogP contribution < -0.4 is 5.32 Å². The van der Waals surface area contributed by atoms with Crippen LogP contribution in [0.5, 0.6) is 0 Å². The van der Waals surface area contributed by atoms with E-state index >= 15 is 0 Å². The molecule has 2 heterocycles. The first kappa shape index (κ1) is 23.9. The van der Waals surface area contributed by atoms with Crippen molar-refractivity contribution >= 4 is 79.7 Å². The predicted molar refractivity (Wildman–Crippen MR) is 118 cm³/mol. The van der Waals surface area contributed by atoms with Crippen molar-refractivity contribution in [1.82, 2.24) is 10.2 Å². The number of carbonyl (C=O) groups excluding carboxylic acids is 3. The fourth-order valence-electron chi connectivity index (χ4n) is 3.53. The number of nitrogens with zero attached hydrogens (tertiary/aromatic N) is 1. The van der Waals surface area contributed by atoms with Gasteiger partial charge in [-0.25, -0.2) is 4.79 Å². The van der Waals surface area contributed by atoms with E-state index < -0.39 is 55.7 Å². The van der Waals surface area contributed by atoms with Crippen LogP contribution in [0.3, 0.4) is 0 Å². The number of hydrogen-bond donors (Lipinski definition) is 1. The van der Waals surface area contributed by atoms with Gasteiger partial charge in [0.1, 0.15) is 6.61 Å². The van der Waals surface area contributed by atoms with E-state index in [9.17, 15) is 18.9 Å². The Balaban J connectivity index is 1.74. The molecule has 0 bridgehead atoms. The molecule has 1 aromatic rings. The fourth-order valence-corrected chi connectivity index (χ4v) is 6.63. The van der Waals surface area contributed by atoms with E-state index in [0.717, 1.165) is 5.56 Å². The highest BCUT2D eigenvalue weighted by Crippen LogP contribution is 2.47. The number of esters is 1. The molecule has 0 spiro atoms. The summed E-state index contributed by atoms with van der Waals surface area (Å²) in [6.45, 7) is 1.09. The first-order valence-electron chi connectivity index (χ1n) is 8.85. The average Bonchev–Trinajstić information content (AvgIpc) is 2.90. The van der Waals surface area contributed by atoms with Gasteiger partial charge in [-0.2, -0.15) is 0 Å². The lowest BCUT2D eigenvalue weighted by molar-refractivity contribution is -0.164.